The number of fused-ring (bicyclic) bond motifs is 5. The van der Waals surface area contributed by atoms with Crippen molar-refractivity contribution >= 4 is 5.57 Å². The molecule has 7 rings (SSSR count). The van der Waals surface area contributed by atoms with E-state index in [4.69, 9.17) is 0 Å². The zero-order valence-electron chi connectivity index (χ0n) is 19.2. The lowest BCUT2D eigenvalue weighted by molar-refractivity contribution is 0.956. The number of hydrogen-bond acceptors (Lipinski definition) is 0. The first kappa shape index (κ1) is 19.1. The van der Waals surface area contributed by atoms with Gasteiger partial charge in [0.15, 0.2) is 0 Å². The van der Waals surface area contributed by atoms with Crippen molar-refractivity contribution in [1.29, 1.82) is 0 Å². The van der Waals surface area contributed by atoms with E-state index >= 15 is 0 Å². The van der Waals surface area contributed by atoms with Gasteiger partial charge in [-0.05, 0) is 112 Å². The highest BCUT2D eigenvalue weighted by atomic mass is 14.3. The van der Waals surface area contributed by atoms with Gasteiger partial charge in [-0.25, -0.2) is 0 Å². The Labute approximate surface area is 196 Å². The van der Waals surface area contributed by atoms with E-state index in [9.17, 15) is 0 Å². The molecule has 0 amide bonds. The highest BCUT2D eigenvalue weighted by Gasteiger charge is 2.31. The minimum atomic E-state index is 1.05. The molecule has 0 bridgehead atoms. The van der Waals surface area contributed by atoms with Crippen LogP contribution in [0, 0.1) is 6.92 Å². The second-order valence-electron chi connectivity index (χ2n) is 9.99. The van der Waals surface area contributed by atoms with E-state index in [1.165, 1.54) is 70.2 Å². The summed E-state index contributed by atoms with van der Waals surface area (Å²) in [6, 6.07) is 23.0. The third-order valence-electron chi connectivity index (χ3n) is 8.01. The first-order chi connectivity index (χ1) is 16.3. The Bertz CT molecular complexity index is 1450. The molecule has 0 spiro atoms. The molecule has 0 aromatic heterocycles. The minimum absolute atomic E-state index is 1.05. The summed E-state index contributed by atoms with van der Waals surface area (Å²) in [7, 11) is 0. The maximum atomic E-state index is 2.52. The summed E-state index contributed by atoms with van der Waals surface area (Å²) in [5.74, 6) is 0. The number of benzene rings is 3. The fourth-order valence-electron chi connectivity index (χ4n) is 6.49. The monoisotopic (exact) mass is 424 g/mol. The van der Waals surface area contributed by atoms with E-state index in [1.807, 2.05) is 0 Å². The molecule has 0 nitrogen and oxygen atoms in total. The first-order valence-electron chi connectivity index (χ1n) is 12.4. The first-order valence-corrected chi connectivity index (χ1v) is 12.4. The van der Waals surface area contributed by atoms with Crippen LogP contribution in [0.2, 0.25) is 0 Å². The second kappa shape index (κ2) is 7.32. The van der Waals surface area contributed by atoms with Gasteiger partial charge in [0.05, 0.1) is 0 Å². The van der Waals surface area contributed by atoms with E-state index in [-0.39, 0.29) is 0 Å². The van der Waals surface area contributed by atoms with Crippen LogP contribution in [0.15, 0.2) is 101 Å². The van der Waals surface area contributed by atoms with Crippen LogP contribution >= 0.6 is 0 Å². The van der Waals surface area contributed by atoms with E-state index in [0.717, 1.165) is 12.8 Å². The van der Waals surface area contributed by atoms with Gasteiger partial charge >= 0.3 is 0 Å². The Morgan fingerprint density at radius 1 is 0.667 bits per heavy atom. The van der Waals surface area contributed by atoms with Crippen LogP contribution in [0.3, 0.4) is 0 Å². The molecule has 0 saturated heterocycles. The van der Waals surface area contributed by atoms with Crippen LogP contribution in [0.5, 0.6) is 0 Å². The van der Waals surface area contributed by atoms with Gasteiger partial charge in [-0.2, -0.15) is 0 Å². The van der Waals surface area contributed by atoms with Crippen molar-refractivity contribution in [3.8, 4) is 22.3 Å². The Morgan fingerprint density at radius 3 is 2.45 bits per heavy atom. The second-order valence-corrected chi connectivity index (χ2v) is 9.99. The Morgan fingerprint density at radius 2 is 1.52 bits per heavy atom. The molecule has 4 aliphatic carbocycles. The van der Waals surface area contributed by atoms with Gasteiger partial charge < -0.3 is 0 Å². The van der Waals surface area contributed by atoms with Crippen LogP contribution in [0.1, 0.15) is 54.4 Å². The molecule has 0 heterocycles. The van der Waals surface area contributed by atoms with E-state index in [2.05, 4.69) is 85.8 Å². The SMILES string of the molecule is Cc1cccc(-c2ccc3c(c2)Cc2c(C4=C5CC6=C(CCC=C6)C5=CCC4)cccc2-3)c1. The van der Waals surface area contributed by atoms with Crippen molar-refractivity contribution in [1.82, 2.24) is 0 Å². The van der Waals surface area contributed by atoms with Gasteiger partial charge in [-0.1, -0.05) is 84.5 Å². The van der Waals surface area contributed by atoms with Crippen molar-refractivity contribution in [2.75, 3.05) is 0 Å². The molecule has 0 unspecified atom stereocenters. The topological polar surface area (TPSA) is 0 Å². The standard InChI is InChI=1S/C33H28/c1-21-7-4-9-22(17-21)23-15-16-27-25(18-23)20-33-29(27)12-6-14-31(33)30-13-5-11-28-26-10-3-2-8-24(26)19-32(28)30/h2,4,6-9,11-12,14-18H,3,5,10,13,19-20H2,1H3. The molecule has 33 heavy (non-hydrogen) atoms. The molecule has 160 valence electrons. The van der Waals surface area contributed by atoms with E-state index in [0.29, 0.717) is 0 Å². The Kier molecular flexibility index (Phi) is 4.24. The van der Waals surface area contributed by atoms with Crippen molar-refractivity contribution in [3.63, 3.8) is 0 Å². The van der Waals surface area contributed by atoms with Gasteiger partial charge in [0.1, 0.15) is 0 Å². The maximum absolute atomic E-state index is 2.52. The van der Waals surface area contributed by atoms with E-state index < -0.39 is 0 Å². The lowest BCUT2D eigenvalue weighted by atomic mass is 9.83. The van der Waals surface area contributed by atoms with Gasteiger partial charge in [0.25, 0.3) is 0 Å². The third-order valence-corrected chi connectivity index (χ3v) is 8.01. The van der Waals surface area contributed by atoms with Crippen LogP contribution in [-0.4, -0.2) is 0 Å². The summed E-state index contributed by atoms with van der Waals surface area (Å²) >= 11 is 0. The average molecular weight is 425 g/mol. The zero-order valence-corrected chi connectivity index (χ0v) is 19.2. The minimum Gasteiger partial charge on any atom is -0.0839 e. The third kappa shape index (κ3) is 2.97. The highest BCUT2D eigenvalue weighted by molar-refractivity contribution is 5.88. The number of rotatable bonds is 2. The quantitative estimate of drug-likeness (QED) is 0.302. The van der Waals surface area contributed by atoms with Gasteiger partial charge in [-0.3, -0.25) is 0 Å². The number of hydrogen-bond donors (Lipinski definition) is 0. The molecule has 0 radical (unpaired) electrons. The molecule has 0 fully saturated rings. The normalized spacial score (nSPS) is 18.2. The molecular weight excluding hydrogens is 396 g/mol. The van der Waals surface area contributed by atoms with Crippen LogP contribution in [0.25, 0.3) is 27.8 Å². The summed E-state index contributed by atoms with van der Waals surface area (Å²) in [6.07, 6.45) is 14.2. The fraction of sp³-hybridized carbons (Fsp3) is 0.212. The van der Waals surface area contributed by atoms with Crippen LogP contribution < -0.4 is 0 Å². The summed E-state index contributed by atoms with van der Waals surface area (Å²) in [5, 5.41) is 0. The van der Waals surface area contributed by atoms with E-state index in [1.54, 1.807) is 27.9 Å². The predicted molar refractivity (Wildman–Crippen MR) is 139 cm³/mol. The van der Waals surface area contributed by atoms with Crippen molar-refractivity contribution in [3.05, 3.63) is 123 Å². The molecule has 4 aliphatic rings. The molecule has 0 saturated carbocycles. The predicted octanol–water partition coefficient (Wildman–Crippen LogP) is 8.76. The largest absolute Gasteiger partial charge is 0.0839 e. The Balaban J connectivity index is 1.31. The molecule has 0 N–H and O–H groups in total. The maximum Gasteiger partial charge on any atom is -0.000718 e. The molecule has 3 aromatic carbocycles. The summed E-state index contributed by atoms with van der Waals surface area (Å²) < 4.78 is 0. The molecule has 0 aliphatic heterocycles. The molecular formula is C33H28. The molecule has 0 atom stereocenters. The van der Waals surface area contributed by atoms with Crippen LogP contribution in [-0.2, 0) is 6.42 Å². The zero-order chi connectivity index (χ0) is 21.9. The smallest absolute Gasteiger partial charge is 0.000718 e. The number of allylic oxidation sites excluding steroid dienone is 8. The lowest BCUT2D eigenvalue weighted by Crippen LogP contribution is -2.02. The summed E-state index contributed by atoms with van der Waals surface area (Å²) in [4.78, 5) is 0. The van der Waals surface area contributed by atoms with Gasteiger partial charge in [-0.15, -0.1) is 0 Å². The van der Waals surface area contributed by atoms with Crippen molar-refractivity contribution < 1.29 is 0 Å². The Hall–Kier alpha value is -3.38. The van der Waals surface area contributed by atoms with Crippen LogP contribution in [0.4, 0.5) is 0 Å². The molecule has 0 heteroatoms. The van der Waals surface area contributed by atoms with Crippen molar-refractivity contribution in [2.45, 2.75) is 45.4 Å². The number of aryl methyl sites for hydroxylation is 1. The average Bonchev–Trinajstić information content (AvgIpc) is 3.42. The molecule has 3 aromatic rings. The fourth-order valence-corrected chi connectivity index (χ4v) is 6.49. The van der Waals surface area contributed by atoms with Crippen molar-refractivity contribution in [2.24, 2.45) is 0 Å². The van der Waals surface area contributed by atoms with Gasteiger partial charge in [0.2, 0.25) is 0 Å². The van der Waals surface area contributed by atoms with Gasteiger partial charge in [0, 0.05) is 0 Å². The summed E-state index contributed by atoms with van der Waals surface area (Å²) in [6.45, 7) is 2.17. The summed E-state index contributed by atoms with van der Waals surface area (Å²) in [5.41, 5.74) is 19.3. The lowest BCUT2D eigenvalue weighted by Gasteiger charge is -2.21. The highest BCUT2D eigenvalue weighted by Crippen LogP contribution is 2.50.